The van der Waals surface area contributed by atoms with Crippen molar-refractivity contribution in [2.45, 2.75) is 12.8 Å². The number of aryl methyl sites for hydroxylation is 1. The zero-order valence-corrected chi connectivity index (χ0v) is 16.3. The molecule has 1 aliphatic heterocycles. The van der Waals surface area contributed by atoms with E-state index in [9.17, 15) is 9.18 Å². The number of methoxy groups -OCH3 is 1. The normalized spacial score (nSPS) is 14.7. The second kappa shape index (κ2) is 10.1. The quantitative estimate of drug-likeness (QED) is 0.700. The molecule has 0 N–H and O–H groups in total. The molecule has 1 saturated heterocycles. The van der Waals surface area contributed by atoms with Crippen molar-refractivity contribution in [3.05, 3.63) is 59.9 Å². The number of amides is 1. The summed E-state index contributed by atoms with van der Waals surface area (Å²) in [6.07, 6.45) is 1.24. The summed E-state index contributed by atoms with van der Waals surface area (Å²) in [5.41, 5.74) is 1.12. The van der Waals surface area contributed by atoms with Gasteiger partial charge in [0.25, 0.3) is 0 Å². The van der Waals surface area contributed by atoms with Crippen LogP contribution >= 0.6 is 0 Å². The molecule has 2 aromatic rings. The minimum Gasteiger partial charge on any atom is -0.497 e. The molecule has 0 saturated carbocycles. The van der Waals surface area contributed by atoms with Gasteiger partial charge in [-0.1, -0.05) is 12.1 Å². The Labute approximate surface area is 165 Å². The van der Waals surface area contributed by atoms with E-state index >= 15 is 0 Å². The summed E-state index contributed by atoms with van der Waals surface area (Å²) in [6, 6.07) is 13.9. The Balaban J connectivity index is 1.34. The van der Waals surface area contributed by atoms with Crippen LogP contribution in [0, 0.1) is 5.82 Å². The molecule has 3 rings (SSSR count). The first-order valence-electron chi connectivity index (χ1n) is 9.65. The highest BCUT2D eigenvalue weighted by molar-refractivity contribution is 5.76. The molecule has 1 fully saturated rings. The molecule has 0 unspecified atom stereocenters. The van der Waals surface area contributed by atoms with Gasteiger partial charge in [-0.3, -0.25) is 9.69 Å². The van der Waals surface area contributed by atoms with Crippen LogP contribution < -0.4 is 9.47 Å². The second-order valence-corrected chi connectivity index (χ2v) is 6.88. The molecule has 28 heavy (non-hydrogen) atoms. The number of piperazine rings is 1. The van der Waals surface area contributed by atoms with Crippen LogP contribution in [0.2, 0.25) is 0 Å². The van der Waals surface area contributed by atoms with Gasteiger partial charge in [0.15, 0.2) is 0 Å². The smallest absolute Gasteiger partial charge is 0.222 e. The van der Waals surface area contributed by atoms with Gasteiger partial charge >= 0.3 is 0 Å². The van der Waals surface area contributed by atoms with Crippen molar-refractivity contribution in [1.82, 2.24) is 9.80 Å². The predicted molar refractivity (Wildman–Crippen MR) is 106 cm³/mol. The van der Waals surface area contributed by atoms with Crippen LogP contribution in [0.15, 0.2) is 48.5 Å². The number of rotatable bonds is 8. The Bertz CT molecular complexity index is 759. The number of benzene rings is 2. The van der Waals surface area contributed by atoms with Crippen LogP contribution in [0.5, 0.6) is 11.5 Å². The molecule has 0 aromatic heterocycles. The maximum Gasteiger partial charge on any atom is 0.222 e. The van der Waals surface area contributed by atoms with Crippen molar-refractivity contribution < 1.29 is 18.7 Å². The monoisotopic (exact) mass is 386 g/mol. The van der Waals surface area contributed by atoms with E-state index in [0.29, 0.717) is 18.8 Å². The van der Waals surface area contributed by atoms with Crippen molar-refractivity contribution >= 4 is 5.91 Å². The number of hydrogen-bond donors (Lipinski definition) is 0. The van der Waals surface area contributed by atoms with E-state index in [1.807, 2.05) is 29.2 Å². The fourth-order valence-corrected chi connectivity index (χ4v) is 3.28. The van der Waals surface area contributed by atoms with Crippen LogP contribution in [0.25, 0.3) is 0 Å². The van der Waals surface area contributed by atoms with Gasteiger partial charge in [0.1, 0.15) is 23.9 Å². The maximum absolute atomic E-state index is 12.9. The zero-order valence-electron chi connectivity index (χ0n) is 16.3. The molecular weight excluding hydrogens is 359 g/mol. The van der Waals surface area contributed by atoms with Crippen molar-refractivity contribution in [2.75, 3.05) is 46.4 Å². The number of nitrogens with zero attached hydrogens (tertiary/aromatic N) is 2. The van der Waals surface area contributed by atoms with Crippen LogP contribution in [0.3, 0.4) is 0 Å². The fraction of sp³-hybridized carbons (Fsp3) is 0.409. The van der Waals surface area contributed by atoms with E-state index in [4.69, 9.17) is 9.47 Å². The first-order chi connectivity index (χ1) is 13.6. The van der Waals surface area contributed by atoms with E-state index in [1.165, 1.54) is 12.1 Å². The second-order valence-electron chi connectivity index (χ2n) is 6.88. The van der Waals surface area contributed by atoms with Gasteiger partial charge in [0, 0.05) is 39.1 Å². The number of carbonyl (C=O) groups excluding carboxylic acids is 1. The third-order valence-electron chi connectivity index (χ3n) is 4.98. The highest BCUT2D eigenvalue weighted by Gasteiger charge is 2.20. The molecule has 0 aliphatic carbocycles. The van der Waals surface area contributed by atoms with Crippen molar-refractivity contribution in [3.8, 4) is 11.5 Å². The van der Waals surface area contributed by atoms with Gasteiger partial charge in [-0.2, -0.15) is 0 Å². The SMILES string of the molecule is COc1cccc(CCC(=O)N2CCN(CCOc3ccc(F)cc3)CC2)c1. The van der Waals surface area contributed by atoms with Crippen LogP contribution in [0.1, 0.15) is 12.0 Å². The Kier molecular flexibility index (Phi) is 7.25. The molecule has 6 heteroatoms. The lowest BCUT2D eigenvalue weighted by molar-refractivity contribution is -0.132. The van der Waals surface area contributed by atoms with Gasteiger partial charge in [-0.25, -0.2) is 4.39 Å². The van der Waals surface area contributed by atoms with E-state index < -0.39 is 0 Å². The Morgan fingerprint density at radius 3 is 2.50 bits per heavy atom. The largest absolute Gasteiger partial charge is 0.497 e. The number of carbonyl (C=O) groups is 1. The Morgan fingerprint density at radius 1 is 1.04 bits per heavy atom. The average molecular weight is 386 g/mol. The average Bonchev–Trinajstić information content (AvgIpc) is 2.74. The van der Waals surface area contributed by atoms with E-state index in [1.54, 1.807) is 19.2 Å². The lowest BCUT2D eigenvalue weighted by Gasteiger charge is -2.34. The van der Waals surface area contributed by atoms with Crippen molar-refractivity contribution in [2.24, 2.45) is 0 Å². The van der Waals surface area contributed by atoms with Crippen LogP contribution in [-0.2, 0) is 11.2 Å². The number of halogens is 1. The topological polar surface area (TPSA) is 42.0 Å². The maximum atomic E-state index is 12.9. The van der Waals surface area contributed by atoms with Crippen molar-refractivity contribution in [1.29, 1.82) is 0 Å². The molecule has 2 aromatic carbocycles. The molecule has 0 atom stereocenters. The van der Waals surface area contributed by atoms with E-state index in [-0.39, 0.29) is 11.7 Å². The van der Waals surface area contributed by atoms with Crippen molar-refractivity contribution in [3.63, 3.8) is 0 Å². The molecule has 1 amide bonds. The highest BCUT2D eigenvalue weighted by Crippen LogP contribution is 2.15. The van der Waals surface area contributed by atoms with Gasteiger partial charge in [-0.05, 0) is 48.4 Å². The molecule has 5 nitrogen and oxygen atoms in total. The summed E-state index contributed by atoms with van der Waals surface area (Å²) >= 11 is 0. The van der Waals surface area contributed by atoms with Gasteiger partial charge in [-0.15, -0.1) is 0 Å². The molecular formula is C22H27FN2O3. The number of ether oxygens (including phenoxy) is 2. The minimum absolute atomic E-state index is 0.199. The number of hydrogen-bond acceptors (Lipinski definition) is 4. The fourth-order valence-electron chi connectivity index (χ4n) is 3.28. The first-order valence-corrected chi connectivity index (χ1v) is 9.65. The molecule has 1 heterocycles. The summed E-state index contributed by atoms with van der Waals surface area (Å²) in [6.45, 7) is 4.52. The molecule has 0 spiro atoms. The predicted octanol–water partition coefficient (Wildman–Crippen LogP) is 2.99. The van der Waals surface area contributed by atoms with Crippen LogP contribution in [-0.4, -0.2) is 62.1 Å². The summed E-state index contributed by atoms with van der Waals surface area (Å²) in [7, 11) is 1.65. The van der Waals surface area contributed by atoms with E-state index in [2.05, 4.69) is 4.90 Å². The summed E-state index contributed by atoms with van der Waals surface area (Å²) in [5, 5.41) is 0. The zero-order chi connectivity index (χ0) is 19.8. The molecule has 0 bridgehead atoms. The third kappa shape index (κ3) is 5.96. The standard InChI is InChI=1S/C22H27FN2O3/c1-27-21-4-2-3-18(17-21)5-10-22(26)25-13-11-24(12-14-25)15-16-28-20-8-6-19(23)7-9-20/h2-4,6-9,17H,5,10-16H2,1H3. The molecule has 150 valence electrons. The third-order valence-corrected chi connectivity index (χ3v) is 4.98. The van der Waals surface area contributed by atoms with Gasteiger partial charge in [0.2, 0.25) is 5.91 Å². The summed E-state index contributed by atoms with van der Waals surface area (Å²) in [5.74, 6) is 1.43. The Hall–Kier alpha value is -2.60. The lowest BCUT2D eigenvalue weighted by atomic mass is 10.1. The summed E-state index contributed by atoms with van der Waals surface area (Å²) < 4.78 is 23.8. The molecule has 0 radical (unpaired) electrons. The van der Waals surface area contributed by atoms with Gasteiger partial charge in [0.05, 0.1) is 7.11 Å². The lowest BCUT2D eigenvalue weighted by Crippen LogP contribution is -2.49. The first kappa shape index (κ1) is 20.1. The summed E-state index contributed by atoms with van der Waals surface area (Å²) in [4.78, 5) is 16.7. The van der Waals surface area contributed by atoms with Crippen LogP contribution in [0.4, 0.5) is 4.39 Å². The molecule has 1 aliphatic rings. The minimum atomic E-state index is -0.264. The van der Waals surface area contributed by atoms with E-state index in [0.717, 1.165) is 50.5 Å². The highest BCUT2D eigenvalue weighted by atomic mass is 19.1. The van der Waals surface area contributed by atoms with Gasteiger partial charge < -0.3 is 14.4 Å². The Morgan fingerprint density at radius 2 is 1.79 bits per heavy atom.